The fraction of sp³-hybridized carbons (Fsp3) is 0.417. The Labute approximate surface area is 93.5 Å². The molecule has 0 fully saturated rings. The number of hydrogen-bond acceptors (Lipinski definition) is 3. The summed E-state index contributed by atoms with van der Waals surface area (Å²) >= 11 is 0. The van der Waals surface area contributed by atoms with Gasteiger partial charge in [-0.25, -0.2) is 0 Å². The molecule has 0 radical (unpaired) electrons. The molecule has 1 atom stereocenters. The fourth-order valence-corrected chi connectivity index (χ4v) is 1.99. The van der Waals surface area contributed by atoms with Crippen LogP contribution in [0, 0.1) is 0 Å². The Kier molecular flexibility index (Phi) is 2.73. The van der Waals surface area contributed by atoms with Crippen LogP contribution in [0.3, 0.4) is 0 Å². The molecule has 0 saturated heterocycles. The maximum atomic E-state index is 10.6. The zero-order valence-electron chi connectivity index (χ0n) is 9.06. The Hall–Kier alpha value is -1.71. The van der Waals surface area contributed by atoms with Gasteiger partial charge in [0, 0.05) is 17.5 Å². The van der Waals surface area contributed by atoms with E-state index in [4.69, 9.17) is 9.84 Å². The normalized spacial score (nSPS) is 15.3. The smallest absolute Gasteiger partial charge is 0.303 e. The van der Waals surface area contributed by atoms with E-state index in [0.29, 0.717) is 12.2 Å². The number of aromatic hydroxyl groups is 1. The van der Waals surface area contributed by atoms with Crippen LogP contribution in [0.15, 0.2) is 12.1 Å². The highest BCUT2D eigenvalue weighted by Gasteiger charge is 2.20. The Morgan fingerprint density at radius 3 is 3.00 bits per heavy atom. The van der Waals surface area contributed by atoms with Crippen LogP contribution in [-0.2, 0) is 11.2 Å². The van der Waals surface area contributed by atoms with Crippen LogP contribution in [0.2, 0.25) is 0 Å². The van der Waals surface area contributed by atoms with Crippen LogP contribution in [0.5, 0.6) is 11.5 Å². The zero-order valence-corrected chi connectivity index (χ0v) is 9.06. The van der Waals surface area contributed by atoms with Crippen molar-refractivity contribution in [3.05, 3.63) is 23.3 Å². The van der Waals surface area contributed by atoms with Gasteiger partial charge >= 0.3 is 5.97 Å². The van der Waals surface area contributed by atoms with Crippen molar-refractivity contribution in [2.45, 2.75) is 25.7 Å². The summed E-state index contributed by atoms with van der Waals surface area (Å²) in [6, 6.07) is 3.43. The molecule has 0 saturated carbocycles. The number of hydrogen-bond donors (Lipinski definition) is 2. The Morgan fingerprint density at radius 2 is 2.31 bits per heavy atom. The predicted octanol–water partition coefficient (Wildman–Crippen LogP) is 1.91. The van der Waals surface area contributed by atoms with Gasteiger partial charge in [-0.3, -0.25) is 4.79 Å². The van der Waals surface area contributed by atoms with Crippen molar-refractivity contribution < 1.29 is 19.7 Å². The number of ether oxygens (including phenoxy) is 1. The van der Waals surface area contributed by atoms with Gasteiger partial charge in [-0.2, -0.15) is 0 Å². The van der Waals surface area contributed by atoms with E-state index in [9.17, 15) is 9.90 Å². The second kappa shape index (κ2) is 4.04. The number of fused-ring (bicyclic) bond motifs is 1. The van der Waals surface area contributed by atoms with E-state index in [1.165, 1.54) is 0 Å². The first-order valence-corrected chi connectivity index (χ1v) is 5.28. The minimum absolute atomic E-state index is 0.00630. The number of carboxylic acid groups (broad SMARTS) is 1. The van der Waals surface area contributed by atoms with Crippen LogP contribution < -0.4 is 4.74 Å². The third-order valence-electron chi connectivity index (χ3n) is 2.85. The molecule has 2 N–H and O–H groups in total. The second-order valence-electron chi connectivity index (χ2n) is 4.12. The van der Waals surface area contributed by atoms with Gasteiger partial charge in [-0.15, -0.1) is 0 Å². The summed E-state index contributed by atoms with van der Waals surface area (Å²) in [6.45, 7) is 2.41. The van der Waals surface area contributed by atoms with Gasteiger partial charge in [0.1, 0.15) is 11.5 Å². The summed E-state index contributed by atoms with van der Waals surface area (Å²) in [7, 11) is 0. The molecule has 0 aliphatic carbocycles. The first-order valence-electron chi connectivity index (χ1n) is 5.28. The molecule has 86 valence electrons. The summed E-state index contributed by atoms with van der Waals surface area (Å²) in [4.78, 5) is 10.6. The molecule has 0 aromatic heterocycles. The van der Waals surface area contributed by atoms with Gasteiger partial charge in [-0.1, -0.05) is 6.92 Å². The molecule has 4 nitrogen and oxygen atoms in total. The zero-order chi connectivity index (χ0) is 11.7. The molecule has 0 spiro atoms. The number of benzene rings is 1. The number of phenols is 1. The number of rotatable bonds is 3. The van der Waals surface area contributed by atoms with Gasteiger partial charge in [0.15, 0.2) is 0 Å². The molecule has 1 unspecified atom stereocenters. The summed E-state index contributed by atoms with van der Waals surface area (Å²) in [5.41, 5.74) is 1.63. The van der Waals surface area contributed by atoms with Crippen LogP contribution in [0.4, 0.5) is 0 Å². The van der Waals surface area contributed by atoms with Crippen molar-refractivity contribution >= 4 is 5.97 Å². The fourth-order valence-electron chi connectivity index (χ4n) is 1.99. The van der Waals surface area contributed by atoms with E-state index < -0.39 is 5.97 Å². The van der Waals surface area contributed by atoms with Crippen molar-refractivity contribution in [1.29, 1.82) is 0 Å². The minimum Gasteiger partial charge on any atom is -0.508 e. The molecule has 1 aromatic rings. The Bertz CT molecular complexity index is 425. The van der Waals surface area contributed by atoms with Gasteiger partial charge < -0.3 is 14.9 Å². The van der Waals surface area contributed by atoms with Crippen molar-refractivity contribution in [2.24, 2.45) is 0 Å². The highest BCUT2D eigenvalue weighted by atomic mass is 16.5. The van der Waals surface area contributed by atoms with E-state index in [-0.39, 0.29) is 18.1 Å². The highest BCUT2D eigenvalue weighted by molar-refractivity contribution is 5.68. The second-order valence-corrected chi connectivity index (χ2v) is 4.12. The van der Waals surface area contributed by atoms with Gasteiger partial charge in [0.05, 0.1) is 13.0 Å². The summed E-state index contributed by atoms with van der Waals surface area (Å²) in [5.74, 6) is -0.150. The van der Waals surface area contributed by atoms with Crippen LogP contribution >= 0.6 is 0 Å². The van der Waals surface area contributed by atoms with E-state index in [1.54, 1.807) is 19.1 Å². The lowest BCUT2D eigenvalue weighted by Crippen LogP contribution is -2.03. The quantitative estimate of drug-likeness (QED) is 0.819. The first kappa shape index (κ1) is 10.8. The summed E-state index contributed by atoms with van der Waals surface area (Å²) in [5, 5.41) is 18.5. The number of aliphatic carboxylic acids is 1. The van der Waals surface area contributed by atoms with E-state index in [1.807, 2.05) is 0 Å². The van der Waals surface area contributed by atoms with E-state index in [2.05, 4.69) is 0 Å². The maximum Gasteiger partial charge on any atom is 0.303 e. The highest BCUT2D eigenvalue weighted by Crippen LogP contribution is 2.36. The van der Waals surface area contributed by atoms with Crippen LogP contribution in [-0.4, -0.2) is 22.8 Å². The predicted molar refractivity (Wildman–Crippen MR) is 58.0 cm³/mol. The number of carboxylic acids is 1. The average molecular weight is 222 g/mol. The van der Waals surface area contributed by atoms with E-state index in [0.717, 1.165) is 17.7 Å². The number of carbonyl (C=O) groups is 1. The average Bonchev–Trinajstić information content (AvgIpc) is 2.61. The topological polar surface area (TPSA) is 66.8 Å². The minimum atomic E-state index is -0.867. The molecule has 0 bridgehead atoms. The van der Waals surface area contributed by atoms with Crippen molar-refractivity contribution in [2.75, 3.05) is 6.61 Å². The molecule has 1 heterocycles. The number of phenolic OH excluding ortho intramolecular Hbond substituents is 1. The Balaban J connectivity index is 2.30. The molecule has 0 amide bonds. The van der Waals surface area contributed by atoms with Gasteiger partial charge in [-0.05, 0) is 18.1 Å². The lowest BCUT2D eigenvalue weighted by molar-refractivity contribution is -0.137. The van der Waals surface area contributed by atoms with Crippen molar-refractivity contribution in [1.82, 2.24) is 0 Å². The third kappa shape index (κ3) is 1.96. The molecule has 16 heavy (non-hydrogen) atoms. The van der Waals surface area contributed by atoms with Crippen LogP contribution in [0.25, 0.3) is 0 Å². The Morgan fingerprint density at radius 1 is 1.56 bits per heavy atom. The standard InChI is InChI=1S/C12H14O4/c1-7(4-12(14)15)9-6-11-8(2-3-16-11)5-10(9)13/h5-7,13H,2-4H2,1H3,(H,14,15). The van der Waals surface area contributed by atoms with Crippen LogP contribution in [0.1, 0.15) is 30.4 Å². The van der Waals surface area contributed by atoms with Crippen molar-refractivity contribution in [3.8, 4) is 11.5 Å². The largest absolute Gasteiger partial charge is 0.508 e. The summed E-state index contributed by atoms with van der Waals surface area (Å²) in [6.07, 6.45) is 0.808. The SMILES string of the molecule is CC(CC(=O)O)c1cc2c(cc1O)CCO2. The molecule has 1 aliphatic rings. The summed E-state index contributed by atoms with van der Waals surface area (Å²) < 4.78 is 5.39. The molecule has 1 aromatic carbocycles. The molecular formula is C12H14O4. The van der Waals surface area contributed by atoms with Crippen molar-refractivity contribution in [3.63, 3.8) is 0 Å². The molecule has 1 aliphatic heterocycles. The molecule has 2 rings (SSSR count). The van der Waals surface area contributed by atoms with E-state index >= 15 is 0 Å². The molecular weight excluding hydrogens is 208 g/mol. The lowest BCUT2D eigenvalue weighted by Gasteiger charge is -2.12. The third-order valence-corrected chi connectivity index (χ3v) is 2.85. The van der Waals surface area contributed by atoms with Gasteiger partial charge in [0.2, 0.25) is 0 Å². The first-order chi connectivity index (χ1) is 7.58. The lowest BCUT2D eigenvalue weighted by atomic mass is 9.95. The monoisotopic (exact) mass is 222 g/mol. The van der Waals surface area contributed by atoms with Gasteiger partial charge in [0.25, 0.3) is 0 Å². The molecule has 4 heteroatoms. The maximum absolute atomic E-state index is 10.6.